The summed E-state index contributed by atoms with van der Waals surface area (Å²) in [5.74, 6) is -0.632. The van der Waals surface area contributed by atoms with Crippen molar-refractivity contribution in [3.63, 3.8) is 0 Å². The van der Waals surface area contributed by atoms with Gasteiger partial charge in [0, 0.05) is 11.4 Å². The number of fused-ring (bicyclic) bond motifs is 1. The summed E-state index contributed by atoms with van der Waals surface area (Å²) >= 11 is 0. The Morgan fingerprint density at radius 3 is 2.48 bits per heavy atom. The Balaban J connectivity index is 1.65. The normalized spacial score (nSPS) is 15.1. The highest BCUT2D eigenvalue weighted by molar-refractivity contribution is 6.05. The van der Waals surface area contributed by atoms with Crippen LogP contribution in [0.5, 0.6) is 0 Å². The zero-order chi connectivity index (χ0) is 23.7. The third-order valence-electron chi connectivity index (χ3n) is 5.95. The summed E-state index contributed by atoms with van der Waals surface area (Å²) < 4.78 is 1.34. The topological polar surface area (TPSA) is 110 Å². The van der Waals surface area contributed by atoms with Crippen LogP contribution in [0.2, 0.25) is 0 Å². The predicted octanol–water partition coefficient (Wildman–Crippen LogP) is 3.70. The van der Waals surface area contributed by atoms with E-state index >= 15 is 0 Å². The number of nitro groups is 1. The Morgan fingerprint density at radius 1 is 1.12 bits per heavy atom. The molecule has 2 amide bonds. The van der Waals surface area contributed by atoms with E-state index in [0.29, 0.717) is 29.9 Å². The number of hydrogen-bond acceptors (Lipinski definition) is 5. The molecule has 1 N–H and O–H groups in total. The number of carbonyl (C=O) groups excluding carboxylic acids is 2. The van der Waals surface area contributed by atoms with Gasteiger partial charge in [-0.25, -0.2) is 0 Å². The summed E-state index contributed by atoms with van der Waals surface area (Å²) in [6.07, 6.45) is 1.13. The summed E-state index contributed by atoms with van der Waals surface area (Å²) in [7, 11) is 0. The average Bonchev–Trinajstić information content (AvgIpc) is 3.07. The highest BCUT2D eigenvalue weighted by atomic mass is 16.6. The Bertz CT molecular complexity index is 1230. The summed E-state index contributed by atoms with van der Waals surface area (Å²) in [5, 5.41) is 18.5. The van der Waals surface area contributed by atoms with Gasteiger partial charge in [0.2, 0.25) is 11.8 Å². The van der Waals surface area contributed by atoms with E-state index in [-0.39, 0.29) is 29.7 Å². The molecule has 1 aliphatic rings. The van der Waals surface area contributed by atoms with Gasteiger partial charge in [0.05, 0.1) is 4.92 Å². The molecular formula is C24H25N5O4. The van der Waals surface area contributed by atoms with Crippen LogP contribution in [0, 0.1) is 30.9 Å². The Kier molecular flexibility index (Phi) is 5.95. The molecule has 0 saturated heterocycles. The van der Waals surface area contributed by atoms with Gasteiger partial charge in [-0.2, -0.15) is 5.10 Å². The maximum atomic E-state index is 13.5. The van der Waals surface area contributed by atoms with Crippen LogP contribution in [-0.4, -0.2) is 32.6 Å². The van der Waals surface area contributed by atoms with Gasteiger partial charge in [-0.05, 0) is 57.4 Å². The molecule has 0 fully saturated rings. The van der Waals surface area contributed by atoms with Crippen molar-refractivity contribution in [1.82, 2.24) is 9.78 Å². The molecule has 9 nitrogen and oxygen atoms in total. The van der Waals surface area contributed by atoms with E-state index in [1.54, 1.807) is 13.8 Å². The summed E-state index contributed by atoms with van der Waals surface area (Å²) in [4.78, 5) is 39.1. The molecule has 0 aliphatic carbocycles. The van der Waals surface area contributed by atoms with Crippen LogP contribution >= 0.6 is 0 Å². The molecular weight excluding hydrogens is 422 g/mol. The molecule has 0 saturated carbocycles. The second-order valence-corrected chi connectivity index (χ2v) is 8.24. The zero-order valence-electron chi connectivity index (χ0n) is 18.7. The van der Waals surface area contributed by atoms with Gasteiger partial charge < -0.3 is 5.32 Å². The largest absolute Gasteiger partial charge is 0.324 e. The Hall–Kier alpha value is -4.01. The number of nitrogens with one attached hydrogen (secondary N) is 1. The van der Waals surface area contributed by atoms with Crippen LogP contribution in [0.15, 0.2) is 48.5 Å². The molecule has 0 spiro atoms. The van der Waals surface area contributed by atoms with Crippen molar-refractivity contribution < 1.29 is 14.5 Å². The van der Waals surface area contributed by atoms with Crippen LogP contribution in [0.25, 0.3) is 0 Å². The molecule has 9 heteroatoms. The highest BCUT2D eigenvalue weighted by Crippen LogP contribution is 2.32. The minimum absolute atomic E-state index is 0.101. The number of nitrogens with zero attached hydrogens (tertiary/aromatic N) is 4. The van der Waals surface area contributed by atoms with Gasteiger partial charge in [0.15, 0.2) is 0 Å². The lowest BCUT2D eigenvalue weighted by atomic mass is 9.95. The van der Waals surface area contributed by atoms with Crippen molar-refractivity contribution in [1.29, 1.82) is 0 Å². The van der Waals surface area contributed by atoms with Crippen LogP contribution in [-0.2, 0) is 22.6 Å². The van der Waals surface area contributed by atoms with Gasteiger partial charge in [0.1, 0.15) is 24.0 Å². The Labute approximate surface area is 191 Å². The molecule has 2 aromatic carbocycles. The van der Waals surface area contributed by atoms with Crippen molar-refractivity contribution in [2.75, 3.05) is 10.2 Å². The van der Waals surface area contributed by atoms with Gasteiger partial charge >= 0.3 is 5.69 Å². The van der Waals surface area contributed by atoms with E-state index in [2.05, 4.69) is 10.4 Å². The number of para-hydroxylation sites is 1. The van der Waals surface area contributed by atoms with Crippen molar-refractivity contribution in [3.8, 4) is 0 Å². The lowest BCUT2D eigenvalue weighted by Gasteiger charge is -2.36. The number of anilines is 2. The fraction of sp³-hybridized carbons (Fsp3) is 0.292. The molecule has 170 valence electrons. The molecule has 0 bridgehead atoms. The summed E-state index contributed by atoms with van der Waals surface area (Å²) in [5.41, 5.74) is 3.84. The van der Waals surface area contributed by atoms with Crippen LogP contribution in [0.4, 0.5) is 17.1 Å². The second kappa shape index (κ2) is 8.85. The fourth-order valence-corrected chi connectivity index (χ4v) is 4.28. The number of benzene rings is 2. The third-order valence-corrected chi connectivity index (χ3v) is 5.95. The van der Waals surface area contributed by atoms with Crippen molar-refractivity contribution >= 4 is 28.9 Å². The van der Waals surface area contributed by atoms with Gasteiger partial charge in [0.25, 0.3) is 0 Å². The van der Waals surface area contributed by atoms with Crippen LogP contribution < -0.4 is 10.2 Å². The van der Waals surface area contributed by atoms with Gasteiger partial charge in [-0.3, -0.25) is 29.3 Å². The number of hydrogen-bond donors (Lipinski definition) is 1. The molecule has 1 aliphatic heterocycles. The quantitative estimate of drug-likeness (QED) is 0.474. The molecule has 3 aromatic rings. The van der Waals surface area contributed by atoms with E-state index in [9.17, 15) is 19.7 Å². The lowest BCUT2D eigenvalue weighted by Crippen LogP contribution is -2.51. The fourth-order valence-electron chi connectivity index (χ4n) is 4.28. The first-order valence-electron chi connectivity index (χ1n) is 10.7. The lowest BCUT2D eigenvalue weighted by molar-refractivity contribution is -0.386. The molecule has 1 unspecified atom stereocenters. The molecule has 1 aromatic heterocycles. The first-order chi connectivity index (χ1) is 15.8. The smallest absolute Gasteiger partial charge is 0.312 e. The maximum absolute atomic E-state index is 13.5. The van der Waals surface area contributed by atoms with E-state index in [0.717, 1.165) is 11.1 Å². The number of aryl methyl sites for hydroxylation is 3. The van der Waals surface area contributed by atoms with Crippen LogP contribution in [0.3, 0.4) is 0 Å². The van der Waals surface area contributed by atoms with Crippen molar-refractivity contribution in [3.05, 3.63) is 81.2 Å². The van der Waals surface area contributed by atoms with E-state index < -0.39 is 11.0 Å². The number of amides is 2. The average molecular weight is 447 g/mol. The first-order valence-corrected chi connectivity index (χ1v) is 10.7. The number of carbonyl (C=O) groups is 2. The molecule has 0 radical (unpaired) electrons. The third kappa shape index (κ3) is 4.34. The Morgan fingerprint density at radius 2 is 1.82 bits per heavy atom. The summed E-state index contributed by atoms with van der Waals surface area (Å²) in [6.45, 7) is 4.87. The van der Waals surface area contributed by atoms with Crippen molar-refractivity contribution in [2.45, 2.75) is 46.2 Å². The zero-order valence-corrected chi connectivity index (χ0v) is 18.7. The first kappa shape index (κ1) is 22.2. The van der Waals surface area contributed by atoms with E-state index in [1.165, 1.54) is 9.58 Å². The molecule has 2 heterocycles. The molecule has 1 atom stereocenters. The maximum Gasteiger partial charge on any atom is 0.312 e. The standard InChI is InChI=1S/C24H25N5O4/c1-15-8-11-19(12-9-15)25-24(31)21-13-10-18-6-4-5-7-20(18)28(21)22(30)14-27-17(3)23(29(32)33)16(2)26-27/h4-9,11-12,21H,10,13-14H2,1-3H3,(H,25,31). The van der Waals surface area contributed by atoms with E-state index in [4.69, 9.17) is 0 Å². The summed E-state index contributed by atoms with van der Waals surface area (Å²) in [6, 6.07) is 14.2. The van der Waals surface area contributed by atoms with Crippen LogP contribution in [0.1, 0.15) is 28.9 Å². The molecule has 33 heavy (non-hydrogen) atoms. The number of rotatable bonds is 5. The minimum atomic E-state index is -0.708. The minimum Gasteiger partial charge on any atom is -0.324 e. The van der Waals surface area contributed by atoms with Gasteiger partial charge in [-0.15, -0.1) is 0 Å². The predicted molar refractivity (Wildman–Crippen MR) is 124 cm³/mol. The van der Waals surface area contributed by atoms with E-state index in [1.807, 2.05) is 55.5 Å². The SMILES string of the molecule is Cc1ccc(NC(=O)C2CCc3ccccc3N2C(=O)Cn2nc(C)c([N+](=O)[O-])c2C)cc1. The number of aromatic nitrogens is 2. The van der Waals surface area contributed by atoms with Gasteiger partial charge in [-0.1, -0.05) is 35.9 Å². The van der Waals surface area contributed by atoms with Crippen molar-refractivity contribution in [2.24, 2.45) is 0 Å². The second-order valence-electron chi connectivity index (χ2n) is 8.24. The monoisotopic (exact) mass is 447 g/mol. The highest BCUT2D eigenvalue weighted by Gasteiger charge is 2.36. The molecule has 4 rings (SSSR count).